The predicted octanol–water partition coefficient (Wildman–Crippen LogP) is 2.63. The number of hydrogen-bond donors (Lipinski definition) is 1. The summed E-state index contributed by atoms with van der Waals surface area (Å²) in [6.07, 6.45) is 11.4. The Labute approximate surface area is 101 Å². The van der Waals surface area contributed by atoms with Gasteiger partial charge in [-0.1, -0.05) is 19.3 Å². The van der Waals surface area contributed by atoms with Crippen molar-refractivity contribution >= 4 is 0 Å². The monoisotopic (exact) mass is 224 g/mol. The highest BCUT2D eigenvalue weighted by Crippen LogP contribution is 2.48. The van der Waals surface area contributed by atoms with E-state index in [0.29, 0.717) is 5.41 Å². The molecule has 2 heteroatoms. The summed E-state index contributed by atoms with van der Waals surface area (Å²) in [5.74, 6) is 0.979. The molecule has 94 valence electrons. The first-order valence-corrected chi connectivity index (χ1v) is 7.13. The van der Waals surface area contributed by atoms with Crippen LogP contribution in [0.4, 0.5) is 0 Å². The van der Waals surface area contributed by atoms with E-state index >= 15 is 0 Å². The molecular formula is C14H28N2. The van der Waals surface area contributed by atoms with Gasteiger partial charge >= 0.3 is 0 Å². The van der Waals surface area contributed by atoms with Crippen molar-refractivity contribution in [2.45, 2.75) is 51.4 Å². The molecule has 2 nitrogen and oxygen atoms in total. The van der Waals surface area contributed by atoms with E-state index in [0.717, 1.165) is 12.5 Å². The zero-order valence-electron chi connectivity index (χ0n) is 10.9. The molecule has 0 aromatic rings. The van der Waals surface area contributed by atoms with Gasteiger partial charge in [0, 0.05) is 13.1 Å². The van der Waals surface area contributed by atoms with Gasteiger partial charge in [-0.05, 0) is 57.0 Å². The van der Waals surface area contributed by atoms with Crippen molar-refractivity contribution in [2.75, 3.05) is 26.7 Å². The molecule has 2 rings (SSSR count). The molecule has 0 aromatic heterocycles. The fourth-order valence-electron chi connectivity index (χ4n) is 3.42. The minimum atomic E-state index is 0.623. The van der Waals surface area contributed by atoms with Crippen LogP contribution in [0.3, 0.4) is 0 Å². The Bertz CT molecular complexity index is 205. The van der Waals surface area contributed by atoms with Gasteiger partial charge in [0.1, 0.15) is 0 Å². The number of hydrogen-bond acceptors (Lipinski definition) is 2. The SMILES string of the molecule is CN(CC1CCCCC1)CC1(CCN)CC1. The van der Waals surface area contributed by atoms with Crippen LogP contribution in [-0.4, -0.2) is 31.6 Å². The fraction of sp³-hybridized carbons (Fsp3) is 1.00. The van der Waals surface area contributed by atoms with Crippen molar-refractivity contribution in [1.29, 1.82) is 0 Å². The highest BCUT2D eigenvalue weighted by Gasteiger charge is 2.42. The van der Waals surface area contributed by atoms with Crippen LogP contribution in [0.5, 0.6) is 0 Å². The molecule has 0 bridgehead atoms. The van der Waals surface area contributed by atoms with Gasteiger partial charge in [0.05, 0.1) is 0 Å². The summed E-state index contributed by atoms with van der Waals surface area (Å²) in [5, 5.41) is 0. The Balaban J connectivity index is 1.69. The fourth-order valence-corrected chi connectivity index (χ4v) is 3.42. The van der Waals surface area contributed by atoms with Crippen molar-refractivity contribution in [1.82, 2.24) is 4.90 Å². The first-order valence-electron chi connectivity index (χ1n) is 7.13. The summed E-state index contributed by atoms with van der Waals surface area (Å²) in [6.45, 7) is 3.49. The van der Waals surface area contributed by atoms with E-state index < -0.39 is 0 Å². The van der Waals surface area contributed by atoms with Crippen LogP contribution in [-0.2, 0) is 0 Å². The van der Waals surface area contributed by atoms with Gasteiger partial charge in [-0.3, -0.25) is 0 Å². The zero-order chi connectivity index (χ0) is 11.4. The summed E-state index contributed by atoms with van der Waals surface area (Å²) in [4.78, 5) is 2.58. The van der Waals surface area contributed by atoms with E-state index in [1.165, 1.54) is 64.5 Å². The molecule has 16 heavy (non-hydrogen) atoms. The van der Waals surface area contributed by atoms with Crippen molar-refractivity contribution in [3.05, 3.63) is 0 Å². The third kappa shape index (κ3) is 3.46. The van der Waals surface area contributed by atoms with Gasteiger partial charge in [0.2, 0.25) is 0 Å². The zero-order valence-corrected chi connectivity index (χ0v) is 10.9. The topological polar surface area (TPSA) is 29.3 Å². The van der Waals surface area contributed by atoms with Crippen molar-refractivity contribution < 1.29 is 0 Å². The minimum absolute atomic E-state index is 0.623. The van der Waals surface area contributed by atoms with E-state index in [4.69, 9.17) is 5.73 Å². The summed E-state index contributed by atoms with van der Waals surface area (Å²) in [6, 6.07) is 0. The molecular weight excluding hydrogens is 196 g/mol. The Morgan fingerprint density at radius 2 is 1.88 bits per heavy atom. The molecule has 0 aliphatic heterocycles. The Morgan fingerprint density at radius 1 is 1.19 bits per heavy atom. The molecule has 2 N–H and O–H groups in total. The molecule has 0 saturated heterocycles. The summed E-state index contributed by atoms with van der Waals surface area (Å²) >= 11 is 0. The lowest BCUT2D eigenvalue weighted by Crippen LogP contribution is -2.33. The number of nitrogens with zero attached hydrogens (tertiary/aromatic N) is 1. The highest BCUT2D eigenvalue weighted by atomic mass is 15.1. The average molecular weight is 224 g/mol. The van der Waals surface area contributed by atoms with E-state index in [1.807, 2.05) is 0 Å². The third-order valence-corrected chi connectivity index (χ3v) is 4.53. The molecule has 0 amide bonds. The summed E-state index contributed by atoms with van der Waals surface area (Å²) in [5.41, 5.74) is 6.32. The maximum absolute atomic E-state index is 5.70. The standard InChI is InChI=1S/C14H28N2/c1-16(11-13-5-3-2-4-6-13)12-14(7-8-14)9-10-15/h13H,2-12,15H2,1H3. The van der Waals surface area contributed by atoms with Gasteiger partial charge in [-0.15, -0.1) is 0 Å². The van der Waals surface area contributed by atoms with Gasteiger partial charge in [0.25, 0.3) is 0 Å². The molecule has 0 unspecified atom stereocenters. The van der Waals surface area contributed by atoms with Gasteiger partial charge < -0.3 is 10.6 Å². The molecule has 2 aliphatic rings. The second kappa shape index (κ2) is 5.50. The molecule has 0 radical (unpaired) electrons. The number of rotatable bonds is 6. The molecule has 0 heterocycles. The largest absolute Gasteiger partial charge is 0.330 e. The van der Waals surface area contributed by atoms with E-state index in [-0.39, 0.29) is 0 Å². The Morgan fingerprint density at radius 3 is 2.44 bits per heavy atom. The summed E-state index contributed by atoms with van der Waals surface area (Å²) in [7, 11) is 2.31. The van der Waals surface area contributed by atoms with Crippen LogP contribution in [0.15, 0.2) is 0 Å². The Kier molecular flexibility index (Phi) is 4.26. The predicted molar refractivity (Wildman–Crippen MR) is 69.4 cm³/mol. The van der Waals surface area contributed by atoms with Crippen molar-refractivity contribution in [3.8, 4) is 0 Å². The van der Waals surface area contributed by atoms with E-state index in [2.05, 4.69) is 11.9 Å². The second-order valence-corrected chi connectivity index (χ2v) is 6.24. The molecule has 0 atom stereocenters. The van der Waals surface area contributed by atoms with Crippen molar-refractivity contribution in [2.24, 2.45) is 17.1 Å². The van der Waals surface area contributed by atoms with E-state index in [1.54, 1.807) is 0 Å². The molecule has 0 spiro atoms. The lowest BCUT2D eigenvalue weighted by molar-refractivity contribution is 0.196. The quantitative estimate of drug-likeness (QED) is 0.751. The minimum Gasteiger partial charge on any atom is -0.330 e. The van der Waals surface area contributed by atoms with Gasteiger partial charge in [-0.2, -0.15) is 0 Å². The number of nitrogens with two attached hydrogens (primary N) is 1. The van der Waals surface area contributed by atoms with Crippen LogP contribution in [0.25, 0.3) is 0 Å². The molecule has 2 fully saturated rings. The van der Waals surface area contributed by atoms with Crippen molar-refractivity contribution in [3.63, 3.8) is 0 Å². The second-order valence-electron chi connectivity index (χ2n) is 6.24. The average Bonchev–Trinajstić information content (AvgIpc) is 2.99. The van der Waals surface area contributed by atoms with Crippen LogP contribution in [0.1, 0.15) is 51.4 Å². The normalized spacial score (nSPS) is 24.9. The lowest BCUT2D eigenvalue weighted by atomic mass is 9.88. The van der Waals surface area contributed by atoms with Gasteiger partial charge in [0.15, 0.2) is 0 Å². The maximum Gasteiger partial charge on any atom is 0.00355 e. The van der Waals surface area contributed by atoms with E-state index in [9.17, 15) is 0 Å². The molecule has 2 aliphatic carbocycles. The van der Waals surface area contributed by atoms with Crippen LogP contribution < -0.4 is 5.73 Å². The lowest BCUT2D eigenvalue weighted by Gasteiger charge is -2.29. The first-order chi connectivity index (χ1) is 7.74. The van der Waals surface area contributed by atoms with Crippen LogP contribution in [0, 0.1) is 11.3 Å². The van der Waals surface area contributed by atoms with Crippen LogP contribution in [0.2, 0.25) is 0 Å². The third-order valence-electron chi connectivity index (χ3n) is 4.53. The first kappa shape index (κ1) is 12.4. The summed E-state index contributed by atoms with van der Waals surface area (Å²) < 4.78 is 0. The van der Waals surface area contributed by atoms with Gasteiger partial charge in [-0.25, -0.2) is 0 Å². The maximum atomic E-state index is 5.70. The highest BCUT2D eigenvalue weighted by molar-refractivity contribution is 4.95. The van der Waals surface area contributed by atoms with Crippen LogP contribution >= 0.6 is 0 Å². The smallest absolute Gasteiger partial charge is 0.00355 e. The molecule has 2 saturated carbocycles. The Hall–Kier alpha value is -0.0800. The molecule has 0 aromatic carbocycles.